The van der Waals surface area contributed by atoms with E-state index in [1.807, 2.05) is 61.5 Å². The Kier molecular flexibility index (Phi) is 5.33. The first-order chi connectivity index (χ1) is 15.6. The van der Waals surface area contributed by atoms with Gasteiger partial charge in [0.25, 0.3) is 0 Å². The minimum atomic E-state index is -0.722. The summed E-state index contributed by atoms with van der Waals surface area (Å²) in [6, 6.07) is 25.8. The number of rotatable bonds is 5. The molecule has 0 saturated heterocycles. The zero-order chi connectivity index (χ0) is 22.1. The molecule has 0 radical (unpaired) electrons. The van der Waals surface area contributed by atoms with Gasteiger partial charge < -0.3 is 10.4 Å². The summed E-state index contributed by atoms with van der Waals surface area (Å²) < 4.78 is 0. The van der Waals surface area contributed by atoms with Gasteiger partial charge in [0.2, 0.25) is 11.0 Å². The van der Waals surface area contributed by atoms with Gasteiger partial charge in [-0.2, -0.15) is 0 Å². The molecule has 32 heavy (non-hydrogen) atoms. The molecule has 5 rings (SSSR count). The van der Waals surface area contributed by atoms with Crippen LogP contribution in [0.5, 0.6) is 0 Å². The number of fused-ring (bicyclic) bond motifs is 1. The molecule has 0 bridgehead atoms. The minimum absolute atomic E-state index is 0.0792. The van der Waals surface area contributed by atoms with E-state index in [0.717, 1.165) is 27.8 Å². The van der Waals surface area contributed by atoms with Crippen LogP contribution in [0, 0.1) is 5.41 Å². The molecular formula is C26H23N3O2S. The van der Waals surface area contributed by atoms with Crippen LogP contribution in [0.3, 0.4) is 0 Å². The Balaban J connectivity index is 1.57. The van der Waals surface area contributed by atoms with Gasteiger partial charge in [-0.3, -0.25) is 4.79 Å². The largest absolute Gasteiger partial charge is 0.384 e. The zero-order valence-corrected chi connectivity index (χ0v) is 18.4. The molecule has 0 saturated carbocycles. The smallest absolute Gasteiger partial charge is 0.233 e. The van der Waals surface area contributed by atoms with E-state index in [-0.39, 0.29) is 11.8 Å². The lowest BCUT2D eigenvalue weighted by molar-refractivity contribution is -0.125. The van der Waals surface area contributed by atoms with E-state index in [0.29, 0.717) is 11.6 Å². The van der Waals surface area contributed by atoms with Crippen molar-refractivity contribution >= 4 is 22.4 Å². The maximum atomic E-state index is 13.5. The molecular weight excluding hydrogens is 418 g/mol. The fourth-order valence-electron chi connectivity index (χ4n) is 4.75. The van der Waals surface area contributed by atoms with Gasteiger partial charge in [0, 0.05) is 5.92 Å². The predicted octanol–water partition coefficient (Wildman–Crippen LogP) is 4.95. The summed E-state index contributed by atoms with van der Waals surface area (Å²) in [6.07, 6.45) is -0.117. The Bertz CT molecular complexity index is 1230. The molecule has 0 spiro atoms. The van der Waals surface area contributed by atoms with Crippen molar-refractivity contribution in [3.05, 3.63) is 112 Å². The third kappa shape index (κ3) is 3.61. The average Bonchev–Trinajstić information content (AvgIpc) is 3.44. The lowest BCUT2D eigenvalue weighted by atomic mass is 9.73. The van der Waals surface area contributed by atoms with Crippen molar-refractivity contribution in [3.63, 3.8) is 0 Å². The molecule has 6 heteroatoms. The molecule has 5 nitrogen and oxygen atoms in total. The van der Waals surface area contributed by atoms with E-state index >= 15 is 0 Å². The third-order valence-electron chi connectivity index (χ3n) is 6.34. The normalized spacial score (nSPS) is 20.5. The number of carbonyl (C=O) groups is 1. The van der Waals surface area contributed by atoms with Crippen LogP contribution in [-0.2, 0) is 11.2 Å². The first-order valence-corrected chi connectivity index (χ1v) is 11.4. The summed E-state index contributed by atoms with van der Waals surface area (Å²) in [6.45, 7) is 2.01. The summed E-state index contributed by atoms with van der Waals surface area (Å²) in [5.74, 6) is -0.223. The van der Waals surface area contributed by atoms with Gasteiger partial charge in [-0.15, -0.1) is 10.2 Å². The van der Waals surface area contributed by atoms with Crippen LogP contribution in [0.2, 0.25) is 0 Å². The number of benzene rings is 3. The highest BCUT2D eigenvalue weighted by atomic mass is 32.1. The van der Waals surface area contributed by atoms with Crippen LogP contribution in [0.1, 0.15) is 46.8 Å². The molecule has 4 aromatic rings. The standard InChI is InChI=1S/C26H23N3O2S/c1-26(24(31)28-25-29-27-16-32-25)15-20-13-12-19(23(30)18-10-6-3-7-11-18)14-21(20)22(26)17-8-4-2-5-9-17/h2-14,16,22-23,30H,15H2,1H3,(H,28,29,31)/t22-,23+,26+/m1/s1. The van der Waals surface area contributed by atoms with E-state index in [1.165, 1.54) is 11.3 Å². The van der Waals surface area contributed by atoms with Crippen LogP contribution in [0.25, 0.3) is 0 Å². The Morgan fingerprint density at radius 3 is 2.47 bits per heavy atom. The summed E-state index contributed by atoms with van der Waals surface area (Å²) in [5, 5.41) is 22.3. The van der Waals surface area contributed by atoms with E-state index in [9.17, 15) is 9.90 Å². The highest BCUT2D eigenvalue weighted by molar-refractivity contribution is 7.13. The first-order valence-electron chi connectivity index (χ1n) is 10.5. The van der Waals surface area contributed by atoms with E-state index in [4.69, 9.17) is 0 Å². The average molecular weight is 442 g/mol. The van der Waals surface area contributed by atoms with Gasteiger partial charge in [-0.05, 0) is 41.2 Å². The number of nitrogens with zero attached hydrogens (tertiary/aromatic N) is 2. The quantitative estimate of drug-likeness (QED) is 0.459. The molecule has 0 unspecified atom stereocenters. The molecule has 1 heterocycles. The van der Waals surface area contributed by atoms with Crippen molar-refractivity contribution in [2.24, 2.45) is 5.41 Å². The van der Waals surface area contributed by atoms with Crippen molar-refractivity contribution in [3.8, 4) is 0 Å². The van der Waals surface area contributed by atoms with Gasteiger partial charge in [-0.25, -0.2) is 0 Å². The second-order valence-electron chi connectivity index (χ2n) is 8.41. The molecule has 1 amide bonds. The SMILES string of the molecule is C[C@]1(C(=O)Nc2nncs2)Cc2ccc([C@@H](O)c3ccccc3)cc2[C@H]1c1ccccc1. The Labute approximate surface area is 190 Å². The number of aromatic nitrogens is 2. The number of hydrogen-bond acceptors (Lipinski definition) is 5. The molecule has 2 N–H and O–H groups in total. The molecule has 1 aromatic heterocycles. The molecule has 3 aromatic carbocycles. The van der Waals surface area contributed by atoms with Crippen molar-refractivity contribution in [1.82, 2.24) is 10.2 Å². The lowest BCUT2D eigenvalue weighted by Gasteiger charge is -2.31. The zero-order valence-electron chi connectivity index (χ0n) is 17.6. The van der Waals surface area contributed by atoms with E-state index in [1.54, 1.807) is 5.51 Å². The van der Waals surface area contributed by atoms with Crippen molar-refractivity contribution in [1.29, 1.82) is 0 Å². The van der Waals surface area contributed by atoms with Gasteiger partial charge in [0.15, 0.2) is 0 Å². The van der Waals surface area contributed by atoms with E-state index in [2.05, 4.69) is 39.8 Å². The Hall–Kier alpha value is -3.35. The Morgan fingerprint density at radius 2 is 1.78 bits per heavy atom. The number of nitrogens with one attached hydrogen (secondary N) is 1. The third-order valence-corrected chi connectivity index (χ3v) is 6.95. The van der Waals surface area contributed by atoms with Crippen LogP contribution in [-0.4, -0.2) is 21.2 Å². The maximum Gasteiger partial charge on any atom is 0.233 e. The number of aliphatic hydroxyl groups is 1. The van der Waals surface area contributed by atoms with Gasteiger partial charge in [0.1, 0.15) is 11.6 Å². The van der Waals surface area contributed by atoms with Gasteiger partial charge in [-0.1, -0.05) is 90.2 Å². The van der Waals surface area contributed by atoms with Crippen LogP contribution >= 0.6 is 11.3 Å². The second-order valence-corrected chi connectivity index (χ2v) is 9.24. The van der Waals surface area contributed by atoms with Crippen LogP contribution in [0.15, 0.2) is 84.4 Å². The molecule has 1 aliphatic carbocycles. The van der Waals surface area contributed by atoms with E-state index < -0.39 is 11.5 Å². The van der Waals surface area contributed by atoms with Gasteiger partial charge in [0.05, 0.1) is 5.41 Å². The fraction of sp³-hybridized carbons (Fsp3) is 0.192. The minimum Gasteiger partial charge on any atom is -0.384 e. The number of aliphatic hydroxyl groups excluding tert-OH is 1. The monoisotopic (exact) mass is 441 g/mol. The summed E-state index contributed by atoms with van der Waals surface area (Å²) in [7, 11) is 0. The molecule has 160 valence electrons. The highest BCUT2D eigenvalue weighted by Crippen LogP contribution is 2.52. The highest BCUT2D eigenvalue weighted by Gasteiger charge is 2.49. The van der Waals surface area contributed by atoms with Gasteiger partial charge >= 0.3 is 0 Å². The molecule has 3 atom stereocenters. The number of hydrogen-bond donors (Lipinski definition) is 2. The molecule has 1 aliphatic rings. The first kappa shape index (κ1) is 20.5. The number of anilines is 1. The number of amides is 1. The molecule has 0 aliphatic heterocycles. The Morgan fingerprint density at radius 1 is 1.06 bits per heavy atom. The lowest BCUT2D eigenvalue weighted by Crippen LogP contribution is -2.37. The number of carbonyl (C=O) groups excluding carboxylic acids is 1. The summed E-state index contributed by atoms with van der Waals surface area (Å²) >= 11 is 1.31. The summed E-state index contributed by atoms with van der Waals surface area (Å²) in [5.41, 5.74) is 5.85. The predicted molar refractivity (Wildman–Crippen MR) is 126 cm³/mol. The van der Waals surface area contributed by atoms with Crippen molar-refractivity contribution < 1.29 is 9.90 Å². The fourth-order valence-corrected chi connectivity index (χ4v) is 5.19. The van der Waals surface area contributed by atoms with Crippen molar-refractivity contribution in [2.75, 3.05) is 5.32 Å². The van der Waals surface area contributed by atoms with Crippen LogP contribution in [0.4, 0.5) is 5.13 Å². The summed E-state index contributed by atoms with van der Waals surface area (Å²) in [4.78, 5) is 13.5. The van der Waals surface area contributed by atoms with Crippen molar-refractivity contribution in [2.45, 2.75) is 25.4 Å². The molecule has 0 fully saturated rings. The topological polar surface area (TPSA) is 75.1 Å². The van der Waals surface area contributed by atoms with Crippen LogP contribution < -0.4 is 5.32 Å². The maximum absolute atomic E-state index is 13.5. The second kappa shape index (κ2) is 8.30.